The van der Waals surface area contributed by atoms with Crippen LogP contribution in [0.2, 0.25) is 5.02 Å². The number of anilines is 2. The van der Waals surface area contributed by atoms with Gasteiger partial charge in [0.15, 0.2) is 0 Å². The van der Waals surface area contributed by atoms with E-state index < -0.39 is 5.91 Å². The van der Waals surface area contributed by atoms with Crippen LogP contribution in [-0.2, 0) is 4.79 Å². The molecule has 0 bridgehead atoms. The van der Waals surface area contributed by atoms with Crippen LogP contribution >= 0.6 is 23.4 Å². The predicted octanol–water partition coefficient (Wildman–Crippen LogP) is 6.35. The molecule has 3 aromatic carbocycles. The Morgan fingerprint density at radius 1 is 0.900 bits per heavy atom. The number of nitrogens with zero attached hydrogens (tertiary/aromatic N) is 1. The second-order valence-corrected chi connectivity index (χ2v) is 10.8. The van der Waals surface area contributed by atoms with Crippen LogP contribution < -0.4 is 16.4 Å². The van der Waals surface area contributed by atoms with E-state index in [0.29, 0.717) is 16.9 Å². The molecule has 3 amide bonds. The van der Waals surface area contributed by atoms with Gasteiger partial charge in [-0.05, 0) is 72.6 Å². The number of benzene rings is 3. The Bertz CT molecular complexity index is 1740. The summed E-state index contributed by atoms with van der Waals surface area (Å²) in [6.07, 6.45) is 3.32. The second-order valence-electron chi connectivity index (χ2n) is 9.01. The van der Waals surface area contributed by atoms with Gasteiger partial charge in [0.25, 0.3) is 11.8 Å². The molecule has 0 aliphatic rings. The smallest absolute Gasteiger partial charge is 0.257 e. The lowest BCUT2D eigenvalue weighted by atomic mass is 10.0. The molecule has 0 saturated heterocycles. The van der Waals surface area contributed by atoms with E-state index in [-0.39, 0.29) is 27.7 Å². The Kier molecular flexibility index (Phi) is 7.86. The Morgan fingerprint density at radius 2 is 1.68 bits per heavy atom. The van der Waals surface area contributed by atoms with Crippen molar-refractivity contribution >= 4 is 63.5 Å². The highest BCUT2D eigenvalue weighted by molar-refractivity contribution is 8.00. The van der Waals surface area contributed by atoms with Gasteiger partial charge in [0.2, 0.25) is 5.91 Å². The molecule has 200 valence electrons. The minimum absolute atomic E-state index is 0.215. The number of nitrogens with one attached hydrogen (secondary N) is 3. The minimum Gasteiger partial charge on any atom is -0.369 e. The summed E-state index contributed by atoms with van der Waals surface area (Å²) < 4.78 is 0. The lowest BCUT2D eigenvalue weighted by Crippen LogP contribution is -2.22. The molecule has 5 aromatic rings. The molecule has 0 saturated carbocycles. The van der Waals surface area contributed by atoms with Crippen LogP contribution in [0.4, 0.5) is 11.4 Å². The van der Waals surface area contributed by atoms with Crippen LogP contribution in [0.15, 0.2) is 96.2 Å². The molecule has 0 spiro atoms. The normalized spacial score (nSPS) is 11.7. The van der Waals surface area contributed by atoms with Crippen molar-refractivity contribution in [1.82, 2.24) is 9.97 Å². The first-order valence-electron chi connectivity index (χ1n) is 12.3. The summed E-state index contributed by atoms with van der Waals surface area (Å²) in [5.74, 6) is -1.12. The van der Waals surface area contributed by atoms with E-state index in [1.54, 1.807) is 49.6 Å². The third-order valence-electron chi connectivity index (χ3n) is 6.15. The monoisotopic (exact) mass is 569 g/mol. The molecular weight excluding hydrogens is 546 g/mol. The number of carbonyl (C=O) groups excluding carboxylic acids is 3. The molecule has 1 atom stereocenters. The van der Waals surface area contributed by atoms with E-state index in [4.69, 9.17) is 17.3 Å². The number of nitrogens with two attached hydrogens (primary N) is 1. The number of hydrogen-bond donors (Lipinski definition) is 4. The summed E-state index contributed by atoms with van der Waals surface area (Å²) in [7, 11) is 0. The van der Waals surface area contributed by atoms with Crippen molar-refractivity contribution in [3.8, 4) is 11.1 Å². The van der Waals surface area contributed by atoms with E-state index in [2.05, 4.69) is 20.6 Å². The molecular formula is C30H24ClN5O3S. The minimum atomic E-state index is -0.423. The molecule has 0 radical (unpaired) electrons. The number of rotatable bonds is 8. The van der Waals surface area contributed by atoms with Crippen LogP contribution in [0.3, 0.4) is 0 Å². The SMILES string of the molecule is CC(Sc1cccc(-c2ccc(C(=O)Nc3ccc(Cl)c(C(=O)Nc4cnc5[nH]ccc5c4)c3)cc2)c1)C(N)=O. The number of aromatic amines is 1. The Balaban J connectivity index is 1.27. The fraction of sp³-hybridized carbons (Fsp3) is 0.0667. The zero-order chi connectivity index (χ0) is 28.2. The quantitative estimate of drug-likeness (QED) is 0.162. The van der Waals surface area contributed by atoms with Gasteiger partial charge in [0, 0.05) is 27.7 Å². The number of fused-ring (bicyclic) bond motifs is 1. The van der Waals surface area contributed by atoms with E-state index in [9.17, 15) is 14.4 Å². The largest absolute Gasteiger partial charge is 0.369 e. The van der Waals surface area contributed by atoms with Crippen LogP contribution in [0.5, 0.6) is 0 Å². The lowest BCUT2D eigenvalue weighted by molar-refractivity contribution is -0.117. The molecule has 0 aliphatic carbocycles. The number of hydrogen-bond acceptors (Lipinski definition) is 5. The Labute approximate surface area is 239 Å². The maximum atomic E-state index is 13.0. The van der Waals surface area contributed by atoms with Crippen molar-refractivity contribution in [2.45, 2.75) is 17.1 Å². The summed E-state index contributed by atoms with van der Waals surface area (Å²) in [6, 6.07) is 23.3. The third kappa shape index (κ3) is 6.17. The van der Waals surface area contributed by atoms with E-state index in [1.165, 1.54) is 17.8 Å². The lowest BCUT2D eigenvalue weighted by Gasteiger charge is -2.11. The first kappa shape index (κ1) is 27.0. The molecule has 5 rings (SSSR count). The fourth-order valence-electron chi connectivity index (χ4n) is 4.01. The van der Waals surface area contributed by atoms with Gasteiger partial charge < -0.3 is 21.4 Å². The number of carbonyl (C=O) groups is 3. The summed E-state index contributed by atoms with van der Waals surface area (Å²) in [5, 5.41) is 6.39. The number of H-pyrrole nitrogens is 1. The topological polar surface area (TPSA) is 130 Å². The van der Waals surface area contributed by atoms with Gasteiger partial charge in [-0.3, -0.25) is 14.4 Å². The van der Waals surface area contributed by atoms with E-state index in [1.807, 2.05) is 42.5 Å². The molecule has 0 fully saturated rings. The molecule has 2 heterocycles. The van der Waals surface area contributed by atoms with Gasteiger partial charge in [0.05, 0.1) is 27.7 Å². The maximum absolute atomic E-state index is 13.0. The summed E-state index contributed by atoms with van der Waals surface area (Å²) in [4.78, 5) is 45.5. The zero-order valence-corrected chi connectivity index (χ0v) is 22.8. The van der Waals surface area contributed by atoms with Crippen molar-refractivity contribution < 1.29 is 14.4 Å². The molecule has 10 heteroatoms. The summed E-state index contributed by atoms with van der Waals surface area (Å²) in [6.45, 7) is 1.77. The van der Waals surface area contributed by atoms with Crippen LogP contribution in [0, 0.1) is 0 Å². The van der Waals surface area contributed by atoms with Crippen LogP contribution in [-0.4, -0.2) is 32.9 Å². The molecule has 1 unspecified atom stereocenters. The third-order valence-corrected chi connectivity index (χ3v) is 7.60. The maximum Gasteiger partial charge on any atom is 0.257 e. The predicted molar refractivity (Wildman–Crippen MR) is 160 cm³/mol. The van der Waals surface area contributed by atoms with Crippen molar-refractivity contribution in [2.75, 3.05) is 10.6 Å². The van der Waals surface area contributed by atoms with Crippen molar-refractivity contribution in [3.63, 3.8) is 0 Å². The standard InChI is InChI=1S/C30H24ClN5O3S/c1-17(27(32)37)40-24-4-2-3-20(14-24)18-5-7-19(8-6-18)29(38)35-22-9-10-26(31)25(15-22)30(39)36-23-13-21-11-12-33-28(21)34-16-23/h2-17H,1H3,(H2,32,37)(H,33,34)(H,35,38)(H,36,39). The molecule has 2 aromatic heterocycles. The number of thioether (sulfide) groups is 1. The van der Waals surface area contributed by atoms with Gasteiger partial charge in [-0.2, -0.15) is 0 Å². The second kappa shape index (κ2) is 11.6. The zero-order valence-electron chi connectivity index (χ0n) is 21.3. The Morgan fingerprint density at radius 3 is 2.45 bits per heavy atom. The first-order valence-corrected chi connectivity index (χ1v) is 13.5. The highest BCUT2D eigenvalue weighted by Crippen LogP contribution is 2.29. The fourth-order valence-corrected chi connectivity index (χ4v) is 5.09. The molecule has 8 nitrogen and oxygen atoms in total. The molecule has 0 aliphatic heterocycles. The number of aromatic nitrogens is 2. The highest BCUT2D eigenvalue weighted by atomic mass is 35.5. The number of halogens is 1. The molecule has 40 heavy (non-hydrogen) atoms. The average molecular weight is 570 g/mol. The van der Waals surface area contributed by atoms with Gasteiger partial charge in [0.1, 0.15) is 5.65 Å². The van der Waals surface area contributed by atoms with Crippen LogP contribution in [0.1, 0.15) is 27.6 Å². The van der Waals surface area contributed by atoms with E-state index in [0.717, 1.165) is 27.1 Å². The van der Waals surface area contributed by atoms with E-state index >= 15 is 0 Å². The van der Waals surface area contributed by atoms with Gasteiger partial charge in [-0.25, -0.2) is 4.98 Å². The van der Waals surface area contributed by atoms with Crippen molar-refractivity contribution in [2.24, 2.45) is 5.73 Å². The number of pyridine rings is 1. The number of amides is 3. The average Bonchev–Trinajstić information content (AvgIpc) is 3.42. The Hall–Kier alpha value is -4.60. The van der Waals surface area contributed by atoms with Crippen LogP contribution in [0.25, 0.3) is 22.2 Å². The summed E-state index contributed by atoms with van der Waals surface area (Å²) >= 11 is 7.69. The molecule has 5 N–H and O–H groups in total. The number of primary amides is 1. The van der Waals surface area contributed by atoms with Crippen molar-refractivity contribution in [3.05, 3.63) is 107 Å². The highest BCUT2D eigenvalue weighted by Gasteiger charge is 2.15. The van der Waals surface area contributed by atoms with Gasteiger partial charge in [-0.1, -0.05) is 35.9 Å². The van der Waals surface area contributed by atoms with Crippen molar-refractivity contribution in [1.29, 1.82) is 0 Å². The first-order chi connectivity index (χ1) is 19.3. The summed E-state index contributed by atoms with van der Waals surface area (Å²) in [5.41, 5.74) is 9.58. The van der Waals surface area contributed by atoms with Gasteiger partial charge >= 0.3 is 0 Å². The van der Waals surface area contributed by atoms with Gasteiger partial charge in [-0.15, -0.1) is 11.8 Å².